The Morgan fingerprint density at radius 2 is 0.736 bits per heavy atom. The first-order valence-electron chi connectivity index (χ1n) is 44.9. The van der Waals surface area contributed by atoms with E-state index in [0.717, 1.165) is 242 Å². The molecule has 0 spiro atoms. The Morgan fingerprint density at radius 3 is 1.07 bits per heavy atom. The number of halogens is 4. The lowest BCUT2D eigenvalue weighted by Crippen LogP contribution is -2.22. The van der Waals surface area contributed by atoms with E-state index in [1.165, 1.54) is 109 Å². The minimum atomic E-state index is -0.755. The summed E-state index contributed by atoms with van der Waals surface area (Å²) >= 11 is 13.7. The van der Waals surface area contributed by atoms with E-state index >= 15 is 0 Å². The Hall–Kier alpha value is -6.65. The Balaban J connectivity index is 0.000000222. The molecule has 5 atom stereocenters. The van der Waals surface area contributed by atoms with Gasteiger partial charge >= 0.3 is 11.9 Å². The summed E-state index contributed by atoms with van der Waals surface area (Å²) in [4.78, 5) is 31.6. The normalized spacial score (nSPS) is 17.1. The number of aldehydes is 1. The van der Waals surface area contributed by atoms with Gasteiger partial charge in [0.1, 0.15) is 6.29 Å². The van der Waals surface area contributed by atoms with E-state index in [0.29, 0.717) is 12.1 Å². The van der Waals surface area contributed by atoms with Gasteiger partial charge in [-0.15, -0.1) is 0 Å². The molecule has 0 aromatic heterocycles. The summed E-state index contributed by atoms with van der Waals surface area (Å²) in [6.45, 7) is 10.7. The van der Waals surface area contributed by atoms with Crippen LogP contribution in [0.5, 0.6) is 0 Å². The largest absolute Gasteiger partial charge is 0.481 e. The first kappa shape index (κ1) is 107. The van der Waals surface area contributed by atoms with Crippen LogP contribution < -0.4 is 5.73 Å². The second kappa shape index (κ2) is 69.4. The fraction of sp³-hybridized carbons (Fsp3) is 0.485. The molecule has 5 fully saturated rings. The van der Waals surface area contributed by atoms with Gasteiger partial charge in [-0.1, -0.05) is 216 Å². The smallest absolute Gasteiger partial charge is 0.330 e. The molecule has 18 nitrogen and oxygen atoms in total. The molecule has 5 aliphatic rings. The number of benzene rings is 8. The third-order valence-corrected chi connectivity index (χ3v) is 22.7. The highest BCUT2D eigenvalue weighted by Gasteiger charge is 2.18. The quantitative estimate of drug-likeness (QED) is 0.00707. The molecule has 22 heteroatoms. The van der Waals surface area contributed by atoms with Crippen molar-refractivity contribution >= 4 is 93.7 Å². The molecule has 13 rings (SSSR count). The third kappa shape index (κ3) is 52.0. The Labute approximate surface area is 778 Å². The molecule has 0 bridgehead atoms. The number of carboxylic acid groups (broad SMARTS) is 1. The fourth-order valence-corrected chi connectivity index (χ4v) is 15.4. The van der Waals surface area contributed by atoms with E-state index in [-0.39, 0.29) is 57.1 Å². The molecular formula is C103H137Br4NO17. The fourth-order valence-electron chi connectivity index (χ4n) is 13.7. The van der Waals surface area contributed by atoms with Gasteiger partial charge in [0.05, 0.1) is 46.8 Å². The van der Waals surface area contributed by atoms with Crippen molar-refractivity contribution in [3.05, 3.63) is 280 Å². The number of aliphatic hydroxyl groups excluding tert-OH is 2. The van der Waals surface area contributed by atoms with Crippen molar-refractivity contribution in [2.45, 2.75) is 243 Å². The van der Waals surface area contributed by atoms with Crippen molar-refractivity contribution < 1.29 is 81.8 Å². The summed E-state index contributed by atoms with van der Waals surface area (Å²) in [6, 6.07) is 64.9. The predicted octanol–water partition coefficient (Wildman–Crippen LogP) is 23.6. The second-order valence-corrected chi connectivity index (χ2v) is 34.2. The molecule has 8 aromatic carbocycles. The molecule has 0 aliphatic carbocycles. The van der Waals surface area contributed by atoms with Crippen molar-refractivity contribution in [3.8, 4) is 0 Å². The number of aryl methyl sites for hydroxylation is 8. The van der Waals surface area contributed by atoms with Crippen LogP contribution in [-0.4, -0.2) is 145 Å². The van der Waals surface area contributed by atoms with Gasteiger partial charge in [0.15, 0.2) is 31.5 Å². The maximum Gasteiger partial charge on any atom is 0.330 e. The molecule has 0 saturated carbocycles. The summed E-state index contributed by atoms with van der Waals surface area (Å²) in [7, 11) is 1.33. The first-order valence-corrected chi connectivity index (χ1v) is 48.4. The van der Waals surface area contributed by atoms with Gasteiger partial charge in [0.25, 0.3) is 0 Å². The highest BCUT2D eigenvalue weighted by Crippen LogP contribution is 2.23. The van der Waals surface area contributed by atoms with Crippen molar-refractivity contribution in [1.29, 1.82) is 0 Å². The SMILES string of the molecule is BrCc1cccc(CCCOC2CCCCO2)c1.Brc1cccc(CCCOC2CCCCO2)c1.CCc1cccc(CCCOC2CCCCO2)c1.COC(=O)/C=C/c1ccccc1N.O=C(O)CCc1cccc(Br)c1.O=Cc1cccc(CCCOC2CCCCO2)c1.OCCCc1cccc(Br)c1.OCc1cccc(CCCOC2CCCCO2)c1. The second-order valence-electron chi connectivity index (χ2n) is 30.9. The molecular weight excluding hydrogens is 1840 g/mol. The minimum absolute atomic E-state index is 0.0000551. The molecule has 5 saturated heterocycles. The van der Waals surface area contributed by atoms with Crippen LogP contribution in [0.25, 0.3) is 6.08 Å². The maximum atomic E-state index is 10.7. The van der Waals surface area contributed by atoms with E-state index in [2.05, 4.69) is 172 Å². The van der Waals surface area contributed by atoms with Gasteiger partial charge in [-0.25, -0.2) is 4.79 Å². The van der Waals surface area contributed by atoms with Crippen molar-refractivity contribution in [2.75, 3.05) is 85.5 Å². The number of hydrogen-bond donors (Lipinski definition) is 4. The number of ether oxygens (including phenoxy) is 11. The number of carboxylic acids is 1. The van der Waals surface area contributed by atoms with E-state index in [1.54, 1.807) is 12.1 Å². The van der Waals surface area contributed by atoms with Crippen LogP contribution in [0.4, 0.5) is 5.69 Å². The Morgan fingerprint density at radius 1 is 0.408 bits per heavy atom. The van der Waals surface area contributed by atoms with Gasteiger partial charge in [0.2, 0.25) is 0 Å². The number of carbonyl (C=O) groups excluding carboxylic acids is 2. The van der Waals surface area contributed by atoms with Gasteiger partial charge in [-0.05, 0) is 302 Å². The molecule has 8 aromatic rings. The lowest BCUT2D eigenvalue weighted by Gasteiger charge is -2.22. The Bertz CT molecular complexity index is 3990. The highest BCUT2D eigenvalue weighted by atomic mass is 79.9. The number of anilines is 1. The number of aliphatic carboxylic acids is 1. The molecule has 5 heterocycles. The lowest BCUT2D eigenvalue weighted by molar-refractivity contribution is -0.162. The Kier molecular flexibility index (Phi) is 59.4. The van der Waals surface area contributed by atoms with Gasteiger partial charge < -0.3 is 73.2 Å². The number of para-hydroxylation sites is 1. The van der Waals surface area contributed by atoms with Crippen LogP contribution >= 0.6 is 63.7 Å². The van der Waals surface area contributed by atoms with Crippen LogP contribution in [-0.2, 0) is 125 Å². The molecule has 0 radical (unpaired) electrons. The third-order valence-electron chi connectivity index (χ3n) is 20.6. The zero-order valence-corrected chi connectivity index (χ0v) is 80.0. The van der Waals surface area contributed by atoms with E-state index in [1.807, 2.05) is 91.0 Å². The number of rotatable bonds is 37. The average Bonchev–Trinajstić information content (AvgIpc) is 0.922. The minimum Gasteiger partial charge on any atom is -0.481 e. The van der Waals surface area contributed by atoms with Crippen molar-refractivity contribution in [2.24, 2.45) is 0 Å². The molecule has 5 N–H and O–H groups in total. The van der Waals surface area contributed by atoms with Gasteiger partial charge in [-0.3, -0.25) is 9.59 Å². The van der Waals surface area contributed by atoms with Crippen LogP contribution in [0.2, 0.25) is 0 Å². The van der Waals surface area contributed by atoms with Crippen LogP contribution in [0, 0.1) is 0 Å². The molecule has 5 unspecified atom stereocenters. The van der Waals surface area contributed by atoms with Crippen LogP contribution in [0.3, 0.4) is 0 Å². The summed E-state index contributed by atoms with van der Waals surface area (Å²) in [6.07, 6.45) is 35.2. The average molecular weight is 1980 g/mol. The van der Waals surface area contributed by atoms with Crippen molar-refractivity contribution in [1.82, 2.24) is 0 Å². The zero-order valence-electron chi connectivity index (χ0n) is 73.6. The molecule has 125 heavy (non-hydrogen) atoms. The van der Waals surface area contributed by atoms with Gasteiger partial charge in [-0.2, -0.15) is 0 Å². The number of aliphatic hydroxyl groups is 2. The topological polar surface area (TPSA) is 239 Å². The van der Waals surface area contributed by atoms with Gasteiger partial charge in [0, 0.05) is 82.1 Å². The highest BCUT2D eigenvalue weighted by molar-refractivity contribution is 9.11. The number of esters is 1. The van der Waals surface area contributed by atoms with E-state index in [9.17, 15) is 14.4 Å². The van der Waals surface area contributed by atoms with Crippen molar-refractivity contribution in [3.63, 3.8) is 0 Å². The number of methoxy groups -OCH3 is 1. The molecule has 684 valence electrons. The predicted molar refractivity (Wildman–Crippen MR) is 514 cm³/mol. The molecule has 0 amide bonds. The van der Waals surface area contributed by atoms with E-state index < -0.39 is 5.97 Å². The standard InChI is InChI=1S/C16H24O2.C15H21BrO2.C15H22O3.C15H20O3.C14H19BrO2.C10H11NO2.C9H9BrO2.C9H11BrO/c1-2-14-7-5-8-15(13-14)9-6-12-18-16-10-3-4-11-17-16;3*16-12-14-6-3-5-13(11-14)7-4-10-18-15-8-1-2-9-17-15;15-13-7-3-5-12(11-13)6-4-10-17-14-8-1-2-9-16-14;1-13-10(12)7-6-8-4-2-3-5-9(8)11;10-8-3-1-2-7(6-8)4-5-9(11)12;10-9-5-1-3-8(7-9)4-2-6-11/h5,7-8,13,16H,2-4,6,9-12H2,1H3;3,5-6,11,15H,1-2,4,7-10,12H2;3,5-6,11,15-16H,1-2,4,7-10,12H2;3,5-6,11-12,15H,1-2,4,7-10H2;3,5,7,11,14H,1-2,4,6,8-10H2;2-7H,11H2,1H3;1-3,6H,4-5H2,(H,11,12);1,3,5,7,11H,2,4,6H2/b;;;;;7-6+;;. The van der Waals surface area contributed by atoms with E-state index in [4.69, 9.17) is 68.4 Å². The first-order chi connectivity index (χ1) is 61.1. The number of hydrogen-bond acceptors (Lipinski definition) is 17. The summed E-state index contributed by atoms with van der Waals surface area (Å²) < 4.78 is 63.8. The van der Waals surface area contributed by atoms with Crippen LogP contribution in [0.1, 0.15) is 220 Å². The summed E-state index contributed by atoms with van der Waals surface area (Å²) in [5.74, 6) is -1.14. The summed E-state index contributed by atoms with van der Waals surface area (Å²) in [5, 5.41) is 27.0. The van der Waals surface area contributed by atoms with Crippen LogP contribution in [0.15, 0.2) is 214 Å². The number of carbonyl (C=O) groups is 3. The number of nitrogen functional groups attached to an aromatic ring is 1. The lowest BCUT2D eigenvalue weighted by atomic mass is 10.1. The summed E-state index contributed by atoms with van der Waals surface area (Å²) in [5.41, 5.74) is 20.5. The number of nitrogens with two attached hydrogens (primary N) is 1. The number of alkyl halides is 1. The zero-order chi connectivity index (χ0) is 89.2. The molecule has 5 aliphatic heterocycles. The monoisotopic (exact) mass is 1980 g/mol. The maximum absolute atomic E-state index is 10.7.